The zero-order chi connectivity index (χ0) is 14.5. The summed E-state index contributed by atoms with van der Waals surface area (Å²) in [6.45, 7) is 5.42. The minimum absolute atomic E-state index is 0.0674. The largest absolute Gasteiger partial charge is 0.330 e. The van der Waals surface area contributed by atoms with E-state index in [1.165, 1.54) is 4.31 Å². The summed E-state index contributed by atoms with van der Waals surface area (Å²) in [7, 11) is 0.340. The summed E-state index contributed by atoms with van der Waals surface area (Å²) in [6, 6.07) is 0.0674. The molecular formula is C12H28N4O2S. The Bertz CT molecular complexity index is 361. The number of hydrogen-bond donors (Lipinski definition) is 1. The lowest BCUT2D eigenvalue weighted by Crippen LogP contribution is -2.49. The summed E-state index contributed by atoms with van der Waals surface area (Å²) >= 11 is 0. The highest BCUT2D eigenvalue weighted by molar-refractivity contribution is 7.86. The van der Waals surface area contributed by atoms with Crippen LogP contribution in [-0.4, -0.2) is 74.8 Å². The van der Waals surface area contributed by atoms with Crippen LogP contribution in [0.2, 0.25) is 0 Å². The molecule has 1 fully saturated rings. The van der Waals surface area contributed by atoms with Crippen molar-refractivity contribution in [2.45, 2.75) is 32.2 Å². The number of rotatable bonds is 6. The smallest absolute Gasteiger partial charge is 0.282 e. The van der Waals surface area contributed by atoms with E-state index in [0.717, 1.165) is 25.9 Å². The predicted octanol–water partition coefficient (Wildman–Crippen LogP) is -0.0721. The van der Waals surface area contributed by atoms with Gasteiger partial charge in [-0.1, -0.05) is 6.92 Å². The number of nitrogens with zero attached hydrogens (tertiary/aromatic N) is 3. The van der Waals surface area contributed by atoms with Crippen molar-refractivity contribution in [1.29, 1.82) is 0 Å². The normalized spacial score (nSPS) is 23.7. The maximum atomic E-state index is 12.6. The fourth-order valence-corrected chi connectivity index (χ4v) is 4.14. The molecule has 114 valence electrons. The van der Waals surface area contributed by atoms with Crippen LogP contribution in [0.1, 0.15) is 26.2 Å². The summed E-state index contributed by atoms with van der Waals surface area (Å²) in [5.41, 5.74) is 5.45. The van der Waals surface area contributed by atoms with Crippen LogP contribution in [0.25, 0.3) is 0 Å². The first-order chi connectivity index (χ1) is 8.93. The Morgan fingerprint density at radius 2 is 2.05 bits per heavy atom. The lowest BCUT2D eigenvalue weighted by Gasteiger charge is -2.32. The van der Waals surface area contributed by atoms with Gasteiger partial charge in [0.1, 0.15) is 0 Å². The molecule has 6 nitrogen and oxygen atoms in total. The summed E-state index contributed by atoms with van der Waals surface area (Å²) in [5.74, 6) is 0. The third kappa shape index (κ3) is 4.39. The second kappa shape index (κ2) is 7.54. The van der Waals surface area contributed by atoms with Crippen LogP contribution in [0, 0.1) is 0 Å². The molecule has 0 spiro atoms. The number of nitrogens with two attached hydrogens (primary N) is 1. The Kier molecular flexibility index (Phi) is 6.68. The molecule has 0 aromatic heterocycles. The van der Waals surface area contributed by atoms with Gasteiger partial charge in [-0.25, -0.2) is 0 Å². The Balaban J connectivity index is 2.83. The summed E-state index contributed by atoms with van der Waals surface area (Å²) in [5, 5.41) is 0. The number of hydrogen-bond acceptors (Lipinski definition) is 4. The molecule has 19 heavy (non-hydrogen) atoms. The molecule has 1 aliphatic rings. The van der Waals surface area contributed by atoms with E-state index in [4.69, 9.17) is 5.73 Å². The van der Waals surface area contributed by atoms with Gasteiger partial charge in [0.15, 0.2) is 0 Å². The molecule has 7 heteroatoms. The molecule has 0 radical (unpaired) electrons. The molecule has 0 bridgehead atoms. The van der Waals surface area contributed by atoms with Gasteiger partial charge in [-0.15, -0.1) is 0 Å². The molecule has 1 rings (SSSR count). The lowest BCUT2D eigenvalue weighted by atomic mass is 10.2. The standard InChI is InChI=1S/C12H28N4O2S/c1-4-12-11-14(2)8-6-10-16(12)19(17,18)15(3)9-5-7-13/h12H,4-11,13H2,1-3H3. The van der Waals surface area contributed by atoms with Crippen LogP contribution in [0.3, 0.4) is 0 Å². The zero-order valence-electron chi connectivity index (χ0n) is 12.4. The van der Waals surface area contributed by atoms with Gasteiger partial charge < -0.3 is 10.6 Å². The highest BCUT2D eigenvalue weighted by Crippen LogP contribution is 2.18. The third-order valence-electron chi connectivity index (χ3n) is 3.69. The van der Waals surface area contributed by atoms with Crippen molar-refractivity contribution in [3.8, 4) is 0 Å². The van der Waals surface area contributed by atoms with Gasteiger partial charge in [-0.3, -0.25) is 0 Å². The quantitative estimate of drug-likeness (QED) is 0.744. The highest BCUT2D eigenvalue weighted by atomic mass is 32.2. The molecule has 0 aliphatic carbocycles. The van der Waals surface area contributed by atoms with Gasteiger partial charge in [-0.05, 0) is 39.4 Å². The minimum Gasteiger partial charge on any atom is -0.330 e. The van der Waals surface area contributed by atoms with E-state index in [-0.39, 0.29) is 6.04 Å². The highest BCUT2D eigenvalue weighted by Gasteiger charge is 2.33. The SMILES string of the molecule is CCC1CN(C)CCCN1S(=O)(=O)N(C)CCCN. The van der Waals surface area contributed by atoms with Crippen molar-refractivity contribution in [3.05, 3.63) is 0 Å². The van der Waals surface area contributed by atoms with E-state index in [9.17, 15) is 8.42 Å². The molecule has 2 N–H and O–H groups in total. The van der Waals surface area contributed by atoms with E-state index >= 15 is 0 Å². The van der Waals surface area contributed by atoms with Gasteiger partial charge >= 0.3 is 0 Å². The third-order valence-corrected chi connectivity index (χ3v) is 5.73. The fraction of sp³-hybridized carbons (Fsp3) is 1.00. The van der Waals surface area contributed by atoms with E-state index in [1.807, 2.05) is 6.92 Å². The Hall–Kier alpha value is -0.210. The van der Waals surface area contributed by atoms with Gasteiger partial charge in [0.25, 0.3) is 10.2 Å². The second-order valence-corrected chi connectivity index (χ2v) is 7.25. The average Bonchev–Trinajstić information content (AvgIpc) is 2.57. The monoisotopic (exact) mass is 292 g/mol. The first kappa shape index (κ1) is 16.8. The topological polar surface area (TPSA) is 69.9 Å². The van der Waals surface area contributed by atoms with Gasteiger partial charge in [0.05, 0.1) is 0 Å². The minimum atomic E-state index is -3.36. The van der Waals surface area contributed by atoms with Crippen LogP contribution < -0.4 is 5.73 Å². The van der Waals surface area contributed by atoms with Crippen LogP contribution in [0.4, 0.5) is 0 Å². The zero-order valence-corrected chi connectivity index (χ0v) is 13.2. The molecule has 0 saturated carbocycles. The van der Waals surface area contributed by atoms with Crippen molar-refractivity contribution in [3.63, 3.8) is 0 Å². The second-order valence-electron chi connectivity index (χ2n) is 5.26. The molecule has 1 atom stereocenters. The molecule has 0 amide bonds. The first-order valence-electron chi connectivity index (χ1n) is 7.05. The molecular weight excluding hydrogens is 264 g/mol. The summed E-state index contributed by atoms with van der Waals surface area (Å²) in [6.07, 6.45) is 2.42. The van der Waals surface area contributed by atoms with E-state index < -0.39 is 10.2 Å². The Morgan fingerprint density at radius 1 is 1.37 bits per heavy atom. The van der Waals surface area contributed by atoms with Crippen molar-refractivity contribution in [1.82, 2.24) is 13.5 Å². The summed E-state index contributed by atoms with van der Waals surface area (Å²) in [4.78, 5) is 2.21. The van der Waals surface area contributed by atoms with Crippen molar-refractivity contribution >= 4 is 10.2 Å². The van der Waals surface area contributed by atoms with E-state index in [2.05, 4.69) is 11.9 Å². The van der Waals surface area contributed by atoms with Gasteiger partial charge in [0.2, 0.25) is 0 Å². The Morgan fingerprint density at radius 3 is 2.63 bits per heavy atom. The van der Waals surface area contributed by atoms with E-state index in [0.29, 0.717) is 26.1 Å². The number of likely N-dealkylation sites (N-methyl/N-ethyl adjacent to an activating group) is 1. The van der Waals surface area contributed by atoms with Gasteiger partial charge in [0, 0.05) is 32.7 Å². The first-order valence-corrected chi connectivity index (χ1v) is 8.44. The molecule has 0 aromatic rings. The average molecular weight is 292 g/mol. The maximum absolute atomic E-state index is 12.6. The summed E-state index contributed by atoms with van der Waals surface area (Å²) < 4.78 is 28.3. The van der Waals surface area contributed by atoms with Crippen molar-refractivity contribution in [2.24, 2.45) is 5.73 Å². The molecule has 1 aliphatic heterocycles. The molecule has 1 heterocycles. The Labute approximate surface area is 117 Å². The van der Waals surface area contributed by atoms with Gasteiger partial charge in [-0.2, -0.15) is 17.0 Å². The molecule has 1 unspecified atom stereocenters. The van der Waals surface area contributed by atoms with Crippen LogP contribution in [-0.2, 0) is 10.2 Å². The van der Waals surface area contributed by atoms with Crippen LogP contribution >= 0.6 is 0 Å². The molecule has 1 saturated heterocycles. The van der Waals surface area contributed by atoms with E-state index in [1.54, 1.807) is 11.4 Å². The maximum Gasteiger partial charge on any atom is 0.282 e. The van der Waals surface area contributed by atoms with Crippen LogP contribution in [0.5, 0.6) is 0 Å². The lowest BCUT2D eigenvalue weighted by molar-refractivity contribution is 0.258. The van der Waals surface area contributed by atoms with Crippen LogP contribution in [0.15, 0.2) is 0 Å². The predicted molar refractivity (Wildman–Crippen MR) is 78.1 cm³/mol. The fourth-order valence-electron chi connectivity index (χ4n) is 2.47. The molecule has 0 aromatic carbocycles. The van der Waals surface area contributed by atoms with Crippen molar-refractivity contribution < 1.29 is 8.42 Å². The van der Waals surface area contributed by atoms with Crippen molar-refractivity contribution in [2.75, 3.05) is 46.8 Å².